The highest BCUT2D eigenvalue weighted by Gasteiger charge is 2.20. The van der Waals surface area contributed by atoms with Crippen molar-refractivity contribution in [1.82, 2.24) is 9.55 Å². The van der Waals surface area contributed by atoms with Crippen LogP contribution in [0.25, 0.3) is 10.9 Å². The van der Waals surface area contributed by atoms with Gasteiger partial charge in [-0.2, -0.15) is 0 Å². The molecule has 3 aromatic rings. The number of fused-ring (bicyclic) bond motifs is 1. The van der Waals surface area contributed by atoms with Crippen LogP contribution in [0.15, 0.2) is 42.7 Å². The van der Waals surface area contributed by atoms with E-state index < -0.39 is 0 Å². The summed E-state index contributed by atoms with van der Waals surface area (Å²) in [7, 11) is 0. The van der Waals surface area contributed by atoms with Crippen LogP contribution < -0.4 is 0 Å². The standard InChI is InChI=1S/C18H16Cl2N2O/c19-15-2-1-3-16(20)14(15)8-17-13-5-7-22(9-12-10-23-11-12)18(13)4-6-21-17/h1-7,12H,8-11H2. The van der Waals surface area contributed by atoms with Gasteiger partial charge in [0.15, 0.2) is 0 Å². The minimum Gasteiger partial charge on any atom is -0.381 e. The van der Waals surface area contributed by atoms with Crippen LogP contribution >= 0.6 is 23.2 Å². The zero-order valence-electron chi connectivity index (χ0n) is 12.5. The minimum atomic E-state index is 0.611. The lowest BCUT2D eigenvalue weighted by Gasteiger charge is -2.26. The Bertz CT molecular complexity index is 835. The molecule has 1 saturated heterocycles. The van der Waals surface area contributed by atoms with Crippen LogP contribution in [0.4, 0.5) is 0 Å². The van der Waals surface area contributed by atoms with Gasteiger partial charge < -0.3 is 9.30 Å². The maximum atomic E-state index is 6.30. The first-order valence-electron chi connectivity index (χ1n) is 7.66. The average molecular weight is 347 g/mol. The zero-order valence-corrected chi connectivity index (χ0v) is 14.0. The summed E-state index contributed by atoms with van der Waals surface area (Å²) in [5.74, 6) is 0.611. The van der Waals surface area contributed by atoms with Crippen LogP contribution in [0.3, 0.4) is 0 Å². The topological polar surface area (TPSA) is 27.1 Å². The van der Waals surface area contributed by atoms with Gasteiger partial charge in [0, 0.05) is 46.7 Å². The summed E-state index contributed by atoms with van der Waals surface area (Å²) in [5.41, 5.74) is 3.13. The summed E-state index contributed by atoms with van der Waals surface area (Å²) in [5, 5.41) is 2.52. The summed E-state index contributed by atoms with van der Waals surface area (Å²) in [6.45, 7) is 2.69. The fraction of sp³-hybridized carbons (Fsp3) is 0.278. The number of nitrogens with zero attached hydrogens (tertiary/aromatic N) is 2. The van der Waals surface area contributed by atoms with Crippen LogP contribution in [0, 0.1) is 5.92 Å². The smallest absolute Gasteiger partial charge is 0.0542 e. The van der Waals surface area contributed by atoms with Gasteiger partial charge in [0.1, 0.15) is 0 Å². The molecule has 23 heavy (non-hydrogen) atoms. The third-order valence-corrected chi connectivity index (χ3v) is 5.06. The molecule has 0 spiro atoms. The normalized spacial score (nSPS) is 15.0. The van der Waals surface area contributed by atoms with Crippen molar-refractivity contribution in [2.24, 2.45) is 5.92 Å². The molecule has 3 heterocycles. The molecule has 3 nitrogen and oxygen atoms in total. The Morgan fingerprint density at radius 1 is 1.13 bits per heavy atom. The zero-order chi connectivity index (χ0) is 15.8. The molecule has 0 saturated carbocycles. The summed E-state index contributed by atoms with van der Waals surface area (Å²) in [6, 6.07) is 9.78. The summed E-state index contributed by atoms with van der Waals surface area (Å²) in [6.07, 6.45) is 4.62. The first kappa shape index (κ1) is 15.0. The highest BCUT2D eigenvalue weighted by molar-refractivity contribution is 6.36. The monoisotopic (exact) mass is 346 g/mol. The molecule has 1 aliphatic heterocycles. The second kappa shape index (κ2) is 6.16. The van der Waals surface area contributed by atoms with E-state index in [0.29, 0.717) is 22.4 Å². The third-order valence-electron chi connectivity index (χ3n) is 4.35. The van der Waals surface area contributed by atoms with Crippen molar-refractivity contribution >= 4 is 34.1 Å². The van der Waals surface area contributed by atoms with Gasteiger partial charge in [-0.15, -0.1) is 0 Å². The van der Waals surface area contributed by atoms with E-state index in [0.717, 1.165) is 36.4 Å². The molecule has 0 aliphatic carbocycles. The molecule has 0 unspecified atom stereocenters. The van der Waals surface area contributed by atoms with Crippen LogP contribution in [-0.4, -0.2) is 22.8 Å². The van der Waals surface area contributed by atoms with Gasteiger partial charge >= 0.3 is 0 Å². The number of ether oxygens (including phenoxy) is 1. The quantitative estimate of drug-likeness (QED) is 0.691. The van der Waals surface area contributed by atoms with Gasteiger partial charge in [-0.25, -0.2) is 0 Å². The summed E-state index contributed by atoms with van der Waals surface area (Å²) < 4.78 is 7.55. The Labute approximate surface area is 144 Å². The fourth-order valence-corrected chi connectivity index (χ4v) is 3.55. The molecule has 5 heteroatoms. The molecule has 0 radical (unpaired) electrons. The van der Waals surface area contributed by atoms with Crippen LogP contribution in [0.1, 0.15) is 11.3 Å². The maximum Gasteiger partial charge on any atom is 0.0542 e. The van der Waals surface area contributed by atoms with Crippen molar-refractivity contribution in [3.8, 4) is 0 Å². The average Bonchev–Trinajstić information content (AvgIpc) is 2.91. The number of benzene rings is 1. The van der Waals surface area contributed by atoms with Crippen molar-refractivity contribution in [3.63, 3.8) is 0 Å². The molecule has 0 amide bonds. The van der Waals surface area contributed by atoms with E-state index in [4.69, 9.17) is 27.9 Å². The lowest BCUT2D eigenvalue weighted by Crippen LogP contribution is -2.31. The summed E-state index contributed by atoms with van der Waals surface area (Å²) >= 11 is 12.6. The molecule has 1 aromatic carbocycles. The Morgan fingerprint density at radius 2 is 1.91 bits per heavy atom. The molecular weight excluding hydrogens is 331 g/mol. The SMILES string of the molecule is Clc1cccc(Cl)c1Cc1nccc2c1ccn2CC1COC1. The Kier molecular flexibility index (Phi) is 4.02. The molecule has 2 aromatic heterocycles. The lowest BCUT2D eigenvalue weighted by molar-refractivity contribution is -0.0388. The van der Waals surface area contributed by atoms with E-state index in [-0.39, 0.29) is 0 Å². The Morgan fingerprint density at radius 3 is 2.61 bits per heavy atom. The molecule has 0 bridgehead atoms. The van der Waals surface area contributed by atoms with E-state index in [9.17, 15) is 0 Å². The third kappa shape index (κ3) is 2.85. The predicted octanol–water partition coefficient (Wildman–Crippen LogP) is 4.58. The number of aromatic nitrogens is 2. The fourth-order valence-electron chi connectivity index (χ4n) is 3.02. The first-order chi connectivity index (χ1) is 11.2. The lowest BCUT2D eigenvalue weighted by atomic mass is 10.1. The summed E-state index contributed by atoms with van der Waals surface area (Å²) in [4.78, 5) is 4.56. The number of halogens is 2. The van der Waals surface area contributed by atoms with Crippen LogP contribution in [0.2, 0.25) is 10.0 Å². The molecular formula is C18H16Cl2N2O. The van der Waals surface area contributed by atoms with Gasteiger partial charge in [0.25, 0.3) is 0 Å². The van der Waals surface area contributed by atoms with Gasteiger partial charge in [0.2, 0.25) is 0 Å². The first-order valence-corrected chi connectivity index (χ1v) is 8.41. The molecule has 1 fully saturated rings. The molecule has 0 N–H and O–H groups in total. The van der Waals surface area contributed by atoms with E-state index >= 15 is 0 Å². The molecule has 4 rings (SSSR count). The van der Waals surface area contributed by atoms with Crippen molar-refractivity contribution in [2.45, 2.75) is 13.0 Å². The van der Waals surface area contributed by atoms with Crippen LogP contribution in [0.5, 0.6) is 0 Å². The van der Waals surface area contributed by atoms with Crippen LogP contribution in [-0.2, 0) is 17.7 Å². The van der Waals surface area contributed by atoms with Gasteiger partial charge in [-0.3, -0.25) is 4.98 Å². The Hall–Kier alpha value is -1.55. The number of hydrogen-bond acceptors (Lipinski definition) is 2. The highest BCUT2D eigenvalue weighted by Crippen LogP contribution is 2.29. The van der Waals surface area contributed by atoms with Crippen molar-refractivity contribution in [2.75, 3.05) is 13.2 Å². The van der Waals surface area contributed by atoms with E-state index in [2.05, 4.69) is 27.9 Å². The van der Waals surface area contributed by atoms with E-state index in [1.54, 1.807) is 0 Å². The predicted molar refractivity (Wildman–Crippen MR) is 93.3 cm³/mol. The van der Waals surface area contributed by atoms with Gasteiger partial charge in [-0.1, -0.05) is 29.3 Å². The van der Waals surface area contributed by atoms with E-state index in [1.807, 2.05) is 24.4 Å². The number of pyridine rings is 1. The molecule has 118 valence electrons. The number of rotatable bonds is 4. The molecule has 1 aliphatic rings. The van der Waals surface area contributed by atoms with Crippen molar-refractivity contribution in [3.05, 3.63) is 64.0 Å². The maximum absolute atomic E-state index is 6.30. The largest absolute Gasteiger partial charge is 0.381 e. The second-order valence-electron chi connectivity index (χ2n) is 5.94. The Balaban J connectivity index is 1.70. The van der Waals surface area contributed by atoms with Gasteiger partial charge in [-0.05, 0) is 29.8 Å². The second-order valence-corrected chi connectivity index (χ2v) is 6.75. The van der Waals surface area contributed by atoms with E-state index in [1.165, 1.54) is 5.52 Å². The van der Waals surface area contributed by atoms with Crippen molar-refractivity contribution in [1.29, 1.82) is 0 Å². The minimum absolute atomic E-state index is 0.611. The van der Waals surface area contributed by atoms with Gasteiger partial charge in [0.05, 0.1) is 24.4 Å². The highest BCUT2D eigenvalue weighted by atomic mass is 35.5. The van der Waals surface area contributed by atoms with Crippen molar-refractivity contribution < 1.29 is 4.74 Å². The number of hydrogen-bond donors (Lipinski definition) is 0. The molecule has 0 atom stereocenters.